The molecule has 7 heteroatoms. The van der Waals surface area contributed by atoms with E-state index in [1.807, 2.05) is 42.6 Å². The smallest absolute Gasteiger partial charge is 0.291 e. The molecule has 5 rings (SSSR count). The molecule has 2 aromatic heterocycles. The second kappa shape index (κ2) is 6.74. The first kappa shape index (κ1) is 16.9. The van der Waals surface area contributed by atoms with Gasteiger partial charge in [-0.25, -0.2) is 9.97 Å². The van der Waals surface area contributed by atoms with Crippen LogP contribution in [0.1, 0.15) is 46.8 Å². The summed E-state index contributed by atoms with van der Waals surface area (Å²) in [6.45, 7) is 0.652. The molecule has 28 heavy (non-hydrogen) atoms. The number of hydrogen-bond donors (Lipinski definition) is 3. The Morgan fingerprint density at radius 1 is 1.18 bits per heavy atom. The van der Waals surface area contributed by atoms with Crippen LogP contribution in [0, 0.1) is 0 Å². The Balaban J connectivity index is 1.27. The summed E-state index contributed by atoms with van der Waals surface area (Å²) in [5, 5.41) is 13.5. The van der Waals surface area contributed by atoms with Crippen molar-refractivity contribution in [1.82, 2.24) is 25.5 Å². The lowest BCUT2D eigenvalue weighted by molar-refractivity contribution is 0.0925. The second-order valence-electron chi connectivity index (χ2n) is 7.70. The molecule has 1 spiro atoms. The zero-order valence-corrected chi connectivity index (χ0v) is 15.5. The van der Waals surface area contributed by atoms with Crippen LogP contribution in [0.2, 0.25) is 0 Å². The average Bonchev–Trinajstić information content (AvgIpc) is 3.39. The van der Waals surface area contributed by atoms with Crippen LogP contribution in [0.15, 0.2) is 48.7 Å². The highest BCUT2D eigenvalue weighted by molar-refractivity contribution is 5.90. The minimum atomic E-state index is -0.239. The molecular formula is C21H22N6O. The van der Waals surface area contributed by atoms with Crippen LogP contribution in [0.3, 0.4) is 0 Å². The van der Waals surface area contributed by atoms with E-state index >= 15 is 0 Å². The zero-order valence-electron chi connectivity index (χ0n) is 15.5. The van der Waals surface area contributed by atoms with E-state index in [1.54, 1.807) is 0 Å². The largest absolute Gasteiger partial charge is 0.368 e. The van der Waals surface area contributed by atoms with E-state index in [9.17, 15) is 4.79 Å². The van der Waals surface area contributed by atoms with Gasteiger partial charge in [-0.1, -0.05) is 36.4 Å². The van der Waals surface area contributed by atoms with Gasteiger partial charge in [-0.05, 0) is 30.9 Å². The molecule has 0 radical (unpaired) electrons. The van der Waals surface area contributed by atoms with Crippen molar-refractivity contribution >= 4 is 11.7 Å². The number of fused-ring (bicyclic) bond motifs is 2. The summed E-state index contributed by atoms with van der Waals surface area (Å²) in [5.74, 6) is 1.58. The predicted octanol–water partition coefficient (Wildman–Crippen LogP) is 2.44. The lowest BCUT2D eigenvalue weighted by Gasteiger charge is -2.20. The third-order valence-electron chi connectivity index (χ3n) is 5.67. The predicted molar refractivity (Wildman–Crippen MR) is 105 cm³/mol. The van der Waals surface area contributed by atoms with E-state index in [0.717, 1.165) is 30.6 Å². The number of H-pyrrole nitrogens is 1. The minimum Gasteiger partial charge on any atom is -0.368 e. The minimum absolute atomic E-state index is 0.0141. The molecule has 1 saturated carbocycles. The van der Waals surface area contributed by atoms with Crippen molar-refractivity contribution < 1.29 is 4.79 Å². The topological polar surface area (TPSA) is 95.6 Å². The molecule has 2 aliphatic rings. The van der Waals surface area contributed by atoms with Crippen LogP contribution >= 0.6 is 0 Å². The van der Waals surface area contributed by atoms with E-state index in [4.69, 9.17) is 0 Å². The summed E-state index contributed by atoms with van der Waals surface area (Å²) in [6, 6.07) is 14.2. The van der Waals surface area contributed by atoms with Gasteiger partial charge in [0.25, 0.3) is 5.91 Å². The number of amides is 1. The highest BCUT2D eigenvalue weighted by Crippen LogP contribution is 2.54. The fourth-order valence-electron chi connectivity index (χ4n) is 4.09. The first-order valence-corrected chi connectivity index (χ1v) is 9.67. The van der Waals surface area contributed by atoms with E-state index in [1.165, 1.54) is 5.56 Å². The fourth-order valence-corrected chi connectivity index (χ4v) is 4.09. The van der Waals surface area contributed by atoms with Gasteiger partial charge in [-0.15, -0.1) is 5.10 Å². The van der Waals surface area contributed by atoms with Gasteiger partial charge in [0, 0.05) is 36.2 Å². The van der Waals surface area contributed by atoms with Crippen molar-refractivity contribution in [2.45, 2.75) is 37.1 Å². The number of aromatic amines is 1. The van der Waals surface area contributed by atoms with Gasteiger partial charge >= 0.3 is 0 Å². The second-order valence-corrected chi connectivity index (χ2v) is 7.70. The van der Waals surface area contributed by atoms with Crippen molar-refractivity contribution in [2.75, 3.05) is 11.9 Å². The molecular weight excluding hydrogens is 352 g/mol. The number of aromatic nitrogens is 4. The van der Waals surface area contributed by atoms with Crippen molar-refractivity contribution in [1.29, 1.82) is 0 Å². The average molecular weight is 374 g/mol. The molecule has 1 fully saturated rings. The molecule has 1 atom stereocenters. The molecule has 0 bridgehead atoms. The normalized spacial score (nSPS) is 19.4. The van der Waals surface area contributed by atoms with Crippen molar-refractivity contribution in [3.8, 4) is 0 Å². The zero-order chi connectivity index (χ0) is 19.0. The lowest BCUT2D eigenvalue weighted by Crippen LogP contribution is -2.41. The number of benzene rings is 1. The van der Waals surface area contributed by atoms with Crippen LogP contribution in [0.25, 0.3) is 0 Å². The Bertz CT molecular complexity index is 995. The number of carbonyl (C=O) groups is 1. The lowest BCUT2D eigenvalue weighted by atomic mass is 9.90. The summed E-state index contributed by atoms with van der Waals surface area (Å²) >= 11 is 0. The van der Waals surface area contributed by atoms with Gasteiger partial charge in [0.1, 0.15) is 11.6 Å². The fraction of sp³-hybridized carbons (Fsp3) is 0.333. The van der Waals surface area contributed by atoms with Gasteiger partial charge in [-0.2, -0.15) is 0 Å². The van der Waals surface area contributed by atoms with E-state index in [2.05, 4.69) is 36.9 Å². The standard InChI is InChI=1S/C21H22N6O/c28-20(19-25-17(26-27-19)11-14-5-2-1-3-6-14)24-15-12-21(8-9-21)16-7-4-10-22-18(16)23-13-15/h1-7,10,15H,8-9,11-13H2,(H,22,23)(H,24,28)(H,25,26,27)/t15-/m1/s1. The van der Waals surface area contributed by atoms with Gasteiger partial charge < -0.3 is 10.6 Å². The van der Waals surface area contributed by atoms with Crippen LogP contribution in [-0.4, -0.2) is 38.7 Å². The molecule has 1 aromatic carbocycles. The number of hydrogen-bond acceptors (Lipinski definition) is 5. The van der Waals surface area contributed by atoms with Crippen molar-refractivity contribution in [3.63, 3.8) is 0 Å². The van der Waals surface area contributed by atoms with E-state index in [0.29, 0.717) is 18.8 Å². The third kappa shape index (κ3) is 3.24. The Labute approximate surface area is 163 Å². The molecule has 0 unspecified atom stereocenters. The Hall–Kier alpha value is -3.22. The highest BCUT2D eigenvalue weighted by atomic mass is 16.2. The first-order chi connectivity index (χ1) is 13.7. The van der Waals surface area contributed by atoms with Crippen LogP contribution < -0.4 is 10.6 Å². The highest BCUT2D eigenvalue weighted by Gasteiger charge is 2.48. The molecule has 3 aromatic rings. The van der Waals surface area contributed by atoms with Crippen LogP contribution in [0.5, 0.6) is 0 Å². The SMILES string of the molecule is O=C(N[C@H]1CNc2ncccc2C2(CC2)C1)c1n[nH]c(Cc2ccccc2)n1. The number of carbonyl (C=O) groups excluding carboxylic acids is 1. The Morgan fingerprint density at radius 3 is 2.86 bits per heavy atom. The summed E-state index contributed by atoms with van der Waals surface area (Å²) < 4.78 is 0. The monoisotopic (exact) mass is 374 g/mol. The number of pyridine rings is 1. The summed E-state index contributed by atoms with van der Waals surface area (Å²) in [5.41, 5.74) is 2.54. The molecule has 3 heterocycles. The maximum absolute atomic E-state index is 12.7. The van der Waals surface area contributed by atoms with Crippen LogP contribution in [-0.2, 0) is 11.8 Å². The summed E-state index contributed by atoms with van der Waals surface area (Å²) in [7, 11) is 0. The van der Waals surface area contributed by atoms with E-state index in [-0.39, 0.29) is 23.2 Å². The first-order valence-electron chi connectivity index (χ1n) is 9.67. The molecule has 1 amide bonds. The van der Waals surface area contributed by atoms with Gasteiger partial charge in [0.15, 0.2) is 0 Å². The third-order valence-corrected chi connectivity index (χ3v) is 5.67. The summed E-state index contributed by atoms with van der Waals surface area (Å²) in [4.78, 5) is 21.5. The molecule has 1 aliphatic carbocycles. The van der Waals surface area contributed by atoms with Crippen LogP contribution in [0.4, 0.5) is 5.82 Å². The molecule has 142 valence electrons. The van der Waals surface area contributed by atoms with Gasteiger partial charge in [0.05, 0.1) is 0 Å². The summed E-state index contributed by atoms with van der Waals surface area (Å²) in [6.07, 6.45) is 5.62. The quantitative estimate of drug-likeness (QED) is 0.652. The van der Waals surface area contributed by atoms with Crippen molar-refractivity contribution in [3.05, 3.63) is 71.4 Å². The van der Waals surface area contributed by atoms with Gasteiger partial charge in [-0.3, -0.25) is 9.89 Å². The van der Waals surface area contributed by atoms with Gasteiger partial charge in [0.2, 0.25) is 5.82 Å². The maximum Gasteiger partial charge on any atom is 0.291 e. The molecule has 7 nitrogen and oxygen atoms in total. The van der Waals surface area contributed by atoms with E-state index < -0.39 is 0 Å². The molecule has 0 saturated heterocycles. The Morgan fingerprint density at radius 2 is 2.04 bits per heavy atom. The van der Waals surface area contributed by atoms with Crippen molar-refractivity contribution in [2.24, 2.45) is 0 Å². The number of nitrogens with one attached hydrogen (secondary N) is 3. The molecule has 1 aliphatic heterocycles. The maximum atomic E-state index is 12.7. The Kier molecular flexibility index (Phi) is 4.07. The number of rotatable bonds is 4. The molecule has 3 N–H and O–H groups in total. The number of nitrogens with zero attached hydrogens (tertiary/aromatic N) is 3. The number of anilines is 1.